The molecule has 0 saturated carbocycles. The summed E-state index contributed by atoms with van der Waals surface area (Å²) in [6.45, 7) is 7.90. The van der Waals surface area contributed by atoms with Crippen molar-refractivity contribution in [2.45, 2.75) is 26.2 Å². The summed E-state index contributed by atoms with van der Waals surface area (Å²) in [6.07, 6.45) is 0.144. The van der Waals surface area contributed by atoms with Crippen LogP contribution in [0.25, 0.3) is 0 Å². The van der Waals surface area contributed by atoms with E-state index in [1.807, 2.05) is 31.2 Å². The zero-order chi connectivity index (χ0) is 17.3. The molecule has 5 nitrogen and oxygen atoms in total. The van der Waals surface area contributed by atoms with Gasteiger partial charge in [0.1, 0.15) is 18.1 Å². The quantitative estimate of drug-likeness (QED) is 0.693. The molecule has 5 heteroatoms. The molecule has 1 unspecified atom stereocenters. The topological polar surface area (TPSA) is 68.4 Å². The number of pyridine rings is 1. The third-order valence-electron chi connectivity index (χ3n) is 3.88. The van der Waals surface area contributed by atoms with Gasteiger partial charge in [0.05, 0.1) is 12.0 Å². The summed E-state index contributed by atoms with van der Waals surface area (Å²) in [6, 6.07) is 9.10. The fourth-order valence-electron chi connectivity index (χ4n) is 2.80. The number of rotatable bonds is 4. The Kier molecular flexibility index (Phi) is 4.25. The molecule has 3 rings (SSSR count). The lowest BCUT2D eigenvalue weighted by Gasteiger charge is -2.24. The number of hydrogen-bond donors (Lipinski definition) is 1. The number of nitrogens with one attached hydrogen (secondary N) is 1. The largest absolute Gasteiger partial charge is 0.489 e. The minimum atomic E-state index is -0.333. The Balaban J connectivity index is 1.94. The van der Waals surface area contributed by atoms with Crippen LogP contribution in [0.1, 0.15) is 36.1 Å². The lowest BCUT2D eigenvalue weighted by atomic mass is 9.87. The van der Waals surface area contributed by atoms with Crippen molar-refractivity contribution in [3.8, 4) is 11.5 Å². The molecule has 0 saturated heterocycles. The predicted molar refractivity (Wildman–Crippen MR) is 90.6 cm³/mol. The second-order valence-corrected chi connectivity index (χ2v) is 6.10. The zero-order valence-electron chi connectivity index (χ0n) is 13.7. The number of hydrogen-bond acceptors (Lipinski definition) is 4. The van der Waals surface area contributed by atoms with Crippen molar-refractivity contribution in [1.29, 1.82) is 0 Å². The minimum Gasteiger partial charge on any atom is -0.489 e. The van der Waals surface area contributed by atoms with E-state index in [0.717, 1.165) is 16.9 Å². The van der Waals surface area contributed by atoms with Crippen molar-refractivity contribution in [2.75, 3.05) is 6.61 Å². The van der Waals surface area contributed by atoms with Crippen molar-refractivity contribution in [3.63, 3.8) is 0 Å². The SMILES string of the molecule is C=C(C)COc1ccc(C2CC(=O)Oc3cc(C)[nH]c(=O)c32)cc1. The number of carbonyl (C=O) groups excluding carboxylic acids is 1. The summed E-state index contributed by atoms with van der Waals surface area (Å²) in [5.74, 6) is 0.416. The van der Waals surface area contributed by atoms with Gasteiger partial charge in [0, 0.05) is 17.7 Å². The molecule has 2 aromatic rings. The molecule has 1 aromatic carbocycles. The summed E-state index contributed by atoms with van der Waals surface area (Å²) in [5, 5.41) is 0. The number of H-pyrrole nitrogens is 1. The van der Waals surface area contributed by atoms with E-state index in [0.29, 0.717) is 23.6 Å². The van der Waals surface area contributed by atoms with E-state index in [4.69, 9.17) is 9.47 Å². The number of ether oxygens (including phenoxy) is 2. The molecule has 1 aliphatic rings. The average Bonchev–Trinajstić information content (AvgIpc) is 2.52. The molecule has 0 aliphatic carbocycles. The third-order valence-corrected chi connectivity index (χ3v) is 3.88. The van der Waals surface area contributed by atoms with Crippen molar-refractivity contribution in [2.24, 2.45) is 0 Å². The van der Waals surface area contributed by atoms with Crippen molar-refractivity contribution < 1.29 is 14.3 Å². The minimum absolute atomic E-state index is 0.144. The van der Waals surface area contributed by atoms with E-state index < -0.39 is 0 Å². The van der Waals surface area contributed by atoms with Crippen LogP contribution in [0, 0.1) is 6.92 Å². The maximum atomic E-state index is 12.3. The van der Waals surface area contributed by atoms with Crippen LogP contribution in [-0.4, -0.2) is 17.6 Å². The van der Waals surface area contributed by atoms with Crippen LogP contribution in [0.5, 0.6) is 11.5 Å². The Morgan fingerprint density at radius 2 is 2.04 bits per heavy atom. The lowest BCUT2D eigenvalue weighted by molar-refractivity contribution is -0.135. The number of esters is 1. The highest BCUT2D eigenvalue weighted by molar-refractivity contribution is 5.77. The molecular formula is C19H19NO4. The van der Waals surface area contributed by atoms with Crippen molar-refractivity contribution in [1.82, 2.24) is 4.98 Å². The predicted octanol–water partition coefficient (Wildman–Crippen LogP) is 3.08. The number of aromatic amines is 1. The summed E-state index contributed by atoms with van der Waals surface area (Å²) in [4.78, 5) is 27.0. The van der Waals surface area contributed by atoms with Gasteiger partial charge in [-0.25, -0.2) is 0 Å². The van der Waals surface area contributed by atoms with Gasteiger partial charge in [0.2, 0.25) is 0 Å². The monoisotopic (exact) mass is 325 g/mol. The molecule has 24 heavy (non-hydrogen) atoms. The van der Waals surface area contributed by atoms with Crippen molar-refractivity contribution >= 4 is 5.97 Å². The zero-order valence-corrected chi connectivity index (χ0v) is 13.7. The first kappa shape index (κ1) is 16.1. The molecule has 0 bridgehead atoms. The summed E-state index contributed by atoms with van der Waals surface area (Å²) >= 11 is 0. The van der Waals surface area contributed by atoms with Gasteiger partial charge in [0.25, 0.3) is 5.56 Å². The molecule has 0 spiro atoms. The van der Waals surface area contributed by atoms with Crippen molar-refractivity contribution in [3.05, 3.63) is 69.7 Å². The first-order valence-corrected chi connectivity index (χ1v) is 7.75. The van der Waals surface area contributed by atoms with E-state index in [1.165, 1.54) is 0 Å². The fourth-order valence-corrected chi connectivity index (χ4v) is 2.80. The Morgan fingerprint density at radius 3 is 2.71 bits per heavy atom. The second kappa shape index (κ2) is 6.35. The molecule has 1 aliphatic heterocycles. The highest BCUT2D eigenvalue weighted by Crippen LogP contribution is 2.36. The van der Waals surface area contributed by atoms with E-state index >= 15 is 0 Å². The highest BCUT2D eigenvalue weighted by atomic mass is 16.5. The maximum absolute atomic E-state index is 12.3. The highest BCUT2D eigenvalue weighted by Gasteiger charge is 2.31. The molecule has 1 N–H and O–H groups in total. The standard InChI is InChI=1S/C19H19NO4/c1-11(2)10-23-14-6-4-13(5-7-14)15-9-17(21)24-16-8-12(3)20-19(22)18(15)16/h4-8,15H,1,9-10H2,2-3H3,(H,20,22). The van der Waals surface area contributed by atoms with Gasteiger partial charge < -0.3 is 14.5 Å². The second-order valence-electron chi connectivity index (χ2n) is 6.10. The van der Waals surface area contributed by atoms with Gasteiger partial charge in [0.15, 0.2) is 0 Å². The fraction of sp³-hybridized carbons (Fsp3) is 0.263. The molecule has 124 valence electrons. The van der Waals surface area contributed by atoms with Crippen LogP contribution in [-0.2, 0) is 4.79 Å². The summed E-state index contributed by atoms with van der Waals surface area (Å²) in [7, 11) is 0. The normalized spacial score (nSPS) is 16.2. The van der Waals surface area contributed by atoms with Gasteiger partial charge in [-0.1, -0.05) is 18.7 Å². The van der Waals surface area contributed by atoms with E-state index in [-0.39, 0.29) is 23.9 Å². The molecular weight excluding hydrogens is 306 g/mol. The number of benzene rings is 1. The summed E-state index contributed by atoms with van der Waals surface area (Å²) < 4.78 is 10.8. The third kappa shape index (κ3) is 3.25. The van der Waals surface area contributed by atoms with Gasteiger partial charge in [-0.3, -0.25) is 9.59 Å². The van der Waals surface area contributed by atoms with E-state index in [1.54, 1.807) is 13.0 Å². The first-order valence-electron chi connectivity index (χ1n) is 7.75. The summed E-state index contributed by atoms with van der Waals surface area (Å²) in [5.41, 5.74) is 2.76. The Hall–Kier alpha value is -2.82. The first-order chi connectivity index (χ1) is 11.4. The van der Waals surface area contributed by atoms with Gasteiger partial charge >= 0.3 is 5.97 Å². The lowest BCUT2D eigenvalue weighted by Crippen LogP contribution is -2.28. The van der Waals surface area contributed by atoms with Gasteiger partial charge in [-0.15, -0.1) is 0 Å². The molecule has 0 amide bonds. The molecule has 0 fully saturated rings. The molecule has 0 radical (unpaired) electrons. The van der Waals surface area contributed by atoms with Crippen LogP contribution in [0.2, 0.25) is 0 Å². The number of aryl methyl sites for hydroxylation is 1. The number of aromatic nitrogens is 1. The van der Waals surface area contributed by atoms with Gasteiger partial charge in [-0.2, -0.15) is 0 Å². The van der Waals surface area contributed by atoms with E-state index in [9.17, 15) is 9.59 Å². The maximum Gasteiger partial charge on any atom is 0.312 e. The smallest absolute Gasteiger partial charge is 0.312 e. The number of fused-ring (bicyclic) bond motifs is 1. The molecule has 1 aromatic heterocycles. The van der Waals surface area contributed by atoms with Crippen LogP contribution >= 0.6 is 0 Å². The van der Waals surface area contributed by atoms with E-state index in [2.05, 4.69) is 11.6 Å². The average molecular weight is 325 g/mol. The Bertz CT molecular complexity index is 849. The number of carbonyl (C=O) groups is 1. The van der Waals surface area contributed by atoms with Crippen LogP contribution in [0.3, 0.4) is 0 Å². The molecule has 2 heterocycles. The van der Waals surface area contributed by atoms with Crippen LogP contribution in [0.4, 0.5) is 0 Å². The van der Waals surface area contributed by atoms with Crippen LogP contribution < -0.4 is 15.0 Å². The Labute approximate surface area is 139 Å². The molecule has 1 atom stereocenters. The Morgan fingerprint density at radius 1 is 1.33 bits per heavy atom. The van der Waals surface area contributed by atoms with Gasteiger partial charge in [-0.05, 0) is 37.1 Å². The van der Waals surface area contributed by atoms with Crippen LogP contribution in [0.15, 0.2) is 47.3 Å².